The first-order chi connectivity index (χ1) is 10.9. The van der Waals surface area contributed by atoms with Crippen molar-refractivity contribution in [1.29, 1.82) is 0 Å². The second-order valence-electron chi connectivity index (χ2n) is 4.96. The van der Waals surface area contributed by atoms with Gasteiger partial charge in [0.05, 0.1) is 16.7 Å². The fraction of sp³-hybridized carbons (Fsp3) is 0.0588. The van der Waals surface area contributed by atoms with Gasteiger partial charge in [-0.2, -0.15) is 13.2 Å². The summed E-state index contributed by atoms with van der Waals surface area (Å²) in [6.45, 7) is 0. The van der Waals surface area contributed by atoms with Crippen LogP contribution in [0, 0.1) is 0 Å². The highest BCUT2D eigenvalue weighted by Gasteiger charge is 2.33. The van der Waals surface area contributed by atoms with Crippen molar-refractivity contribution in [2.45, 2.75) is 6.18 Å². The Morgan fingerprint density at radius 2 is 1.48 bits per heavy atom. The van der Waals surface area contributed by atoms with Gasteiger partial charge in [-0.3, -0.25) is 9.59 Å². The molecule has 1 aliphatic rings. The Hall–Kier alpha value is -2.89. The number of carbonyl (C=O) groups excluding carboxylic acids is 2. The number of rotatable bonds is 2. The number of hydrogen-bond acceptors (Lipinski definition) is 2. The van der Waals surface area contributed by atoms with Gasteiger partial charge in [0.2, 0.25) is 0 Å². The third kappa shape index (κ3) is 2.75. The van der Waals surface area contributed by atoms with Gasteiger partial charge in [-0.1, -0.05) is 24.3 Å². The molecule has 2 aromatic carbocycles. The predicted molar refractivity (Wildman–Crippen MR) is 77.4 cm³/mol. The summed E-state index contributed by atoms with van der Waals surface area (Å²) in [6, 6.07) is 11.0. The van der Waals surface area contributed by atoms with Gasteiger partial charge >= 0.3 is 6.18 Å². The topological polar surface area (TPSA) is 37.4 Å². The van der Waals surface area contributed by atoms with Crippen molar-refractivity contribution in [2.75, 3.05) is 0 Å². The third-order valence-electron chi connectivity index (χ3n) is 3.46. The van der Waals surface area contributed by atoms with Crippen molar-refractivity contribution in [3.05, 3.63) is 77.0 Å². The molecule has 116 valence electrons. The molecule has 0 atom stereocenters. The van der Waals surface area contributed by atoms with E-state index in [1.807, 2.05) is 0 Å². The van der Waals surface area contributed by atoms with Crippen molar-refractivity contribution in [3.63, 3.8) is 0 Å². The Bertz CT molecular complexity index is 790. The van der Waals surface area contributed by atoms with Gasteiger partial charge in [0, 0.05) is 6.20 Å². The van der Waals surface area contributed by atoms with E-state index in [0.29, 0.717) is 0 Å². The van der Waals surface area contributed by atoms with Gasteiger partial charge in [-0.25, -0.2) is 4.90 Å². The Morgan fingerprint density at radius 3 is 2.04 bits per heavy atom. The molecule has 0 unspecified atom stereocenters. The molecule has 2 aromatic rings. The summed E-state index contributed by atoms with van der Waals surface area (Å²) in [4.78, 5) is 25.2. The predicted octanol–water partition coefficient (Wildman–Crippen LogP) is 3.97. The van der Waals surface area contributed by atoms with Crippen molar-refractivity contribution in [2.24, 2.45) is 0 Å². The van der Waals surface area contributed by atoms with E-state index in [1.54, 1.807) is 12.1 Å². The maximum absolute atomic E-state index is 12.7. The van der Waals surface area contributed by atoms with Crippen molar-refractivity contribution >= 4 is 17.9 Å². The summed E-state index contributed by atoms with van der Waals surface area (Å²) >= 11 is 0. The van der Waals surface area contributed by atoms with E-state index in [1.165, 1.54) is 36.5 Å². The van der Waals surface area contributed by atoms with Crippen LogP contribution in [0.25, 0.3) is 6.08 Å². The maximum atomic E-state index is 12.7. The second kappa shape index (κ2) is 5.39. The molecule has 0 aliphatic carbocycles. The molecule has 3 rings (SSSR count). The van der Waals surface area contributed by atoms with Crippen molar-refractivity contribution in [3.8, 4) is 0 Å². The van der Waals surface area contributed by atoms with Gasteiger partial charge in [0.15, 0.2) is 0 Å². The van der Waals surface area contributed by atoms with Crippen molar-refractivity contribution in [1.82, 2.24) is 4.90 Å². The van der Waals surface area contributed by atoms with Crippen LogP contribution in [0.1, 0.15) is 31.8 Å². The molecule has 0 saturated heterocycles. The molecule has 0 radical (unpaired) electrons. The van der Waals surface area contributed by atoms with Crippen LogP contribution in [-0.2, 0) is 6.18 Å². The number of nitrogens with zero attached hydrogens (tertiary/aromatic N) is 1. The van der Waals surface area contributed by atoms with Crippen LogP contribution >= 0.6 is 0 Å². The van der Waals surface area contributed by atoms with E-state index in [-0.39, 0.29) is 16.7 Å². The van der Waals surface area contributed by atoms with Gasteiger partial charge in [0.25, 0.3) is 11.8 Å². The molecular formula is C17H10F3NO2. The average molecular weight is 317 g/mol. The van der Waals surface area contributed by atoms with Crippen LogP contribution in [0.15, 0.2) is 54.7 Å². The normalized spacial score (nSPS) is 14.7. The molecule has 0 spiro atoms. The molecule has 0 N–H and O–H groups in total. The molecule has 0 bridgehead atoms. The zero-order chi connectivity index (χ0) is 16.6. The van der Waals surface area contributed by atoms with E-state index in [4.69, 9.17) is 0 Å². The van der Waals surface area contributed by atoms with Crippen LogP contribution in [0.5, 0.6) is 0 Å². The summed E-state index contributed by atoms with van der Waals surface area (Å²) in [5.74, 6) is -0.984. The summed E-state index contributed by atoms with van der Waals surface area (Å²) in [6.07, 6.45) is -1.95. The molecule has 1 heterocycles. The minimum absolute atomic E-state index is 0.247. The highest BCUT2D eigenvalue weighted by atomic mass is 19.4. The van der Waals surface area contributed by atoms with Gasteiger partial charge < -0.3 is 0 Å². The number of fused-ring (bicyclic) bond motifs is 1. The van der Waals surface area contributed by atoms with Gasteiger partial charge in [0.1, 0.15) is 0 Å². The Balaban J connectivity index is 1.88. The summed E-state index contributed by atoms with van der Waals surface area (Å²) in [5, 5.41) is 0. The number of benzene rings is 2. The molecule has 0 fully saturated rings. The maximum Gasteiger partial charge on any atom is 0.416 e. The summed E-state index contributed by atoms with van der Waals surface area (Å²) in [5.41, 5.74) is 0.0239. The lowest BCUT2D eigenvalue weighted by molar-refractivity contribution is -0.137. The van der Waals surface area contributed by atoms with E-state index in [2.05, 4.69) is 0 Å². The highest BCUT2D eigenvalue weighted by Crippen LogP contribution is 2.30. The lowest BCUT2D eigenvalue weighted by Crippen LogP contribution is -2.23. The molecule has 2 amide bonds. The van der Waals surface area contributed by atoms with Crippen LogP contribution in [-0.4, -0.2) is 16.7 Å². The molecule has 6 heteroatoms. The van der Waals surface area contributed by atoms with E-state index in [9.17, 15) is 22.8 Å². The van der Waals surface area contributed by atoms with E-state index >= 15 is 0 Å². The number of amides is 2. The second-order valence-corrected chi connectivity index (χ2v) is 4.96. The van der Waals surface area contributed by atoms with Crippen LogP contribution in [0.4, 0.5) is 13.2 Å². The fourth-order valence-corrected chi connectivity index (χ4v) is 2.32. The van der Waals surface area contributed by atoms with Crippen LogP contribution in [0.3, 0.4) is 0 Å². The first kappa shape index (κ1) is 15.0. The Labute approximate surface area is 129 Å². The third-order valence-corrected chi connectivity index (χ3v) is 3.46. The molecular weight excluding hydrogens is 307 g/mol. The monoisotopic (exact) mass is 317 g/mol. The van der Waals surface area contributed by atoms with Gasteiger partial charge in [-0.15, -0.1) is 0 Å². The van der Waals surface area contributed by atoms with Gasteiger partial charge in [-0.05, 0) is 35.9 Å². The molecule has 1 aliphatic heterocycles. The number of alkyl halides is 3. The molecule has 0 saturated carbocycles. The smallest absolute Gasteiger partial charge is 0.268 e. The number of carbonyl (C=O) groups is 2. The first-order valence-corrected chi connectivity index (χ1v) is 6.70. The Kier molecular flexibility index (Phi) is 3.52. The number of halogens is 3. The lowest BCUT2D eigenvalue weighted by Gasteiger charge is -2.08. The van der Waals surface area contributed by atoms with Crippen LogP contribution < -0.4 is 0 Å². The SMILES string of the molecule is O=C1c2ccccc2C(=O)N1C=Cc1cccc(C(F)(F)F)c1. The summed E-state index contributed by atoms with van der Waals surface area (Å²) < 4.78 is 38.0. The molecule has 23 heavy (non-hydrogen) atoms. The number of imide groups is 1. The minimum Gasteiger partial charge on any atom is -0.268 e. The zero-order valence-electron chi connectivity index (χ0n) is 11.7. The molecule has 0 aromatic heterocycles. The number of hydrogen-bond donors (Lipinski definition) is 0. The minimum atomic E-state index is -4.45. The van der Waals surface area contributed by atoms with Crippen molar-refractivity contribution < 1.29 is 22.8 Å². The fourth-order valence-electron chi connectivity index (χ4n) is 2.32. The highest BCUT2D eigenvalue weighted by molar-refractivity contribution is 6.22. The quantitative estimate of drug-likeness (QED) is 0.786. The zero-order valence-corrected chi connectivity index (χ0v) is 11.7. The average Bonchev–Trinajstić information content (AvgIpc) is 2.77. The molecule has 3 nitrogen and oxygen atoms in total. The summed E-state index contributed by atoms with van der Waals surface area (Å²) in [7, 11) is 0. The van der Waals surface area contributed by atoms with E-state index < -0.39 is 23.6 Å². The van der Waals surface area contributed by atoms with E-state index in [0.717, 1.165) is 17.0 Å². The van der Waals surface area contributed by atoms with Crippen LogP contribution in [0.2, 0.25) is 0 Å². The lowest BCUT2D eigenvalue weighted by atomic mass is 10.1. The first-order valence-electron chi connectivity index (χ1n) is 6.70. The largest absolute Gasteiger partial charge is 0.416 e. The standard InChI is InChI=1S/C17H10F3NO2/c18-17(19,20)12-5-3-4-11(10-12)8-9-21-15(22)13-6-1-2-7-14(13)16(21)23/h1-10H. The Morgan fingerprint density at radius 1 is 0.870 bits per heavy atom.